The Labute approximate surface area is 93.7 Å². The normalized spacial score (nSPS) is 14.3. The summed E-state index contributed by atoms with van der Waals surface area (Å²) >= 11 is 0. The van der Waals surface area contributed by atoms with Crippen LogP contribution in [0.25, 0.3) is 0 Å². The number of rotatable bonds is 4. The second-order valence-electron chi connectivity index (χ2n) is 4.08. The standard InChI is InChI=1S/C15H19/c1-5-12(4)14-8-10-15(11-9-14)13(6-2)7-3/h8-13H,5-6H2,1-2,4H3. The first-order valence-electron chi connectivity index (χ1n) is 5.75. The summed E-state index contributed by atoms with van der Waals surface area (Å²) in [6.07, 6.45) is 9.35. The Bertz CT molecular complexity index is 326. The third kappa shape index (κ3) is 2.86. The first-order valence-corrected chi connectivity index (χ1v) is 5.75. The first-order chi connectivity index (χ1) is 7.22. The van der Waals surface area contributed by atoms with E-state index in [2.05, 4.69) is 51.0 Å². The highest BCUT2D eigenvalue weighted by Crippen LogP contribution is 2.23. The van der Waals surface area contributed by atoms with Crippen molar-refractivity contribution in [1.82, 2.24) is 0 Å². The molecular formula is C15H19. The van der Waals surface area contributed by atoms with Gasteiger partial charge in [-0.1, -0.05) is 51.0 Å². The van der Waals surface area contributed by atoms with Crippen molar-refractivity contribution in [1.29, 1.82) is 0 Å². The van der Waals surface area contributed by atoms with Crippen molar-refractivity contribution in [2.45, 2.75) is 45.4 Å². The molecule has 0 fully saturated rings. The number of benzene rings is 1. The van der Waals surface area contributed by atoms with E-state index in [0.29, 0.717) is 5.92 Å². The van der Waals surface area contributed by atoms with Crippen molar-refractivity contribution >= 4 is 0 Å². The van der Waals surface area contributed by atoms with Crippen molar-refractivity contribution in [3.8, 4) is 5.92 Å². The topological polar surface area (TPSA) is 0 Å². The molecule has 0 heteroatoms. The van der Waals surface area contributed by atoms with Crippen molar-refractivity contribution < 1.29 is 0 Å². The van der Waals surface area contributed by atoms with Crippen molar-refractivity contribution in [3.63, 3.8) is 0 Å². The van der Waals surface area contributed by atoms with E-state index in [1.165, 1.54) is 17.5 Å². The van der Waals surface area contributed by atoms with Crippen molar-refractivity contribution in [2.24, 2.45) is 0 Å². The van der Waals surface area contributed by atoms with Crippen LogP contribution in [-0.2, 0) is 0 Å². The summed E-state index contributed by atoms with van der Waals surface area (Å²) in [4.78, 5) is 0. The zero-order valence-corrected chi connectivity index (χ0v) is 9.88. The number of hydrogen-bond acceptors (Lipinski definition) is 0. The Morgan fingerprint density at radius 1 is 1.07 bits per heavy atom. The minimum atomic E-state index is 0.163. The summed E-state index contributed by atoms with van der Waals surface area (Å²) in [6.45, 7) is 6.54. The minimum absolute atomic E-state index is 0.163. The molecule has 1 aromatic rings. The molecule has 0 aromatic heterocycles. The van der Waals surface area contributed by atoms with Gasteiger partial charge in [-0.2, -0.15) is 0 Å². The zero-order chi connectivity index (χ0) is 11.3. The minimum Gasteiger partial charge on any atom is -0.0809 e. The van der Waals surface area contributed by atoms with Crippen molar-refractivity contribution in [3.05, 3.63) is 41.8 Å². The van der Waals surface area contributed by atoms with Crippen LogP contribution in [-0.4, -0.2) is 0 Å². The maximum Gasteiger partial charge on any atom is 0.0459 e. The van der Waals surface area contributed by atoms with E-state index >= 15 is 0 Å². The van der Waals surface area contributed by atoms with E-state index in [9.17, 15) is 0 Å². The Morgan fingerprint density at radius 3 is 2.00 bits per heavy atom. The predicted molar refractivity (Wildman–Crippen MR) is 65.3 cm³/mol. The van der Waals surface area contributed by atoms with Crippen LogP contribution in [0.2, 0.25) is 0 Å². The molecule has 1 rings (SSSR count). The largest absolute Gasteiger partial charge is 0.0809 e. The maximum atomic E-state index is 7.22. The monoisotopic (exact) mass is 199 g/mol. The SMILES string of the molecule is [C]#CC(CC)c1ccc(C(C)CC)cc1. The van der Waals surface area contributed by atoms with Gasteiger partial charge in [0.2, 0.25) is 0 Å². The van der Waals surface area contributed by atoms with E-state index in [1.807, 2.05) is 0 Å². The Balaban J connectivity index is 2.85. The lowest BCUT2D eigenvalue weighted by Gasteiger charge is -2.12. The van der Waals surface area contributed by atoms with Gasteiger partial charge >= 0.3 is 0 Å². The Hall–Kier alpha value is -1.22. The van der Waals surface area contributed by atoms with E-state index in [-0.39, 0.29) is 5.92 Å². The van der Waals surface area contributed by atoms with Gasteiger partial charge in [0.1, 0.15) is 0 Å². The third-order valence-electron chi connectivity index (χ3n) is 3.10. The molecule has 0 saturated carbocycles. The number of hydrogen-bond donors (Lipinski definition) is 0. The molecule has 2 unspecified atom stereocenters. The van der Waals surface area contributed by atoms with Crippen LogP contribution in [0, 0.1) is 12.3 Å². The fourth-order valence-electron chi connectivity index (χ4n) is 1.71. The van der Waals surface area contributed by atoms with Crippen LogP contribution >= 0.6 is 0 Å². The molecule has 0 heterocycles. The van der Waals surface area contributed by atoms with E-state index in [1.54, 1.807) is 0 Å². The average molecular weight is 199 g/mol. The summed E-state index contributed by atoms with van der Waals surface area (Å²) < 4.78 is 0. The second-order valence-corrected chi connectivity index (χ2v) is 4.08. The lowest BCUT2D eigenvalue weighted by atomic mass is 9.93. The average Bonchev–Trinajstić information content (AvgIpc) is 2.30. The van der Waals surface area contributed by atoms with Gasteiger partial charge in [-0.3, -0.25) is 0 Å². The smallest absolute Gasteiger partial charge is 0.0459 e. The molecule has 0 saturated heterocycles. The van der Waals surface area contributed by atoms with Gasteiger partial charge < -0.3 is 0 Å². The third-order valence-corrected chi connectivity index (χ3v) is 3.10. The highest BCUT2D eigenvalue weighted by atomic mass is 14.1. The summed E-state index contributed by atoms with van der Waals surface area (Å²) in [5.74, 6) is 3.37. The zero-order valence-electron chi connectivity index (χ0n) is 9.88. The van der Waals surface area contributed by atoms with Crippen molar-refractivity contribution in [2.75, 3.05) is 0 Å². The predicted octanol–water partition coefficient (Wildman–Crippen LogP) is 4.28. The van der Waals surface area contributed by atoms with Crippen LogP contribution in [0.1, 0.15) is 56.6 Å². The quantitative estimate of drug-likeness (QED) is 0.635. The first kappa shape index (κ1) is 11.9. The Morgan fingerprint density at radius 2 is 1.60 bits per heavy atom. The van der Waals surface area contributed by atoms with Gasteiger partial charge in [-0.05, 0) is 36.3 Å². The molecule has 2 atom stereocenters. The van der Waals surface area contributed by atoms with Gasteiger partial charge in [-0.25, -0.2) is 0 Å². The molecule has 0 spiro atoms. The fourth-order valence-corrected chi connectivity index (χ4v) is 1.71. The van der Waals surface area contributed by atoms with E-state index in [4.69, 9.17) is 6.42 Å². The molecule has 0 aliphatic rings. The molecule has 0 aliphatic heterocycles. The molecule has 1 radical (unpaired) electrons. The van der Waals surface area contributed by atoms with E-state index in [0.717, 1.165) is 6.42 Å². The van der Waals surface area contributed by atoms with Crippen LogP contribution < -0.4 is 0 Å². The van der Waals surface area contributed by atoms with Crippen LogP contribution in [0.4, 0.5) is 0 Å². The molecule has 15 heavy (non-hydrogen) atoms. The summed E-state index contributed by atoms with van der Waals surface area (Å²) in [5, 5.41) is 0. The Kier molecular flexibility index (Phi) is 4.43. The van der Waals surface area contributed by atoms with Crippen LogP contribution in [0.5, 0.6) is 0 Å². The summed E-state index contributed by atoms with van der Waals surface area (Å²) in [5.41, 5.74) is 2.60. The molecule has 0 nitrogen and oxygen atoms in total. The fraction of sp³-hybridized carbons (Fsp3) is 0.467. The van der Waals surface area contributed by atoms with Gasteiger partial charge in [0, 0.05) is 5.92 Å². The lowest BCUT2D eigenvalue weighted by molar-refractivity contribution is 0.731. The highest BCUT2D eigenvalue weighted by Gasteiger charge is 2.07. The second kappa shape index (κ2) is 5.61. The molecule has 0 aliphatic carbocycles. The summed E-state index contributed by atoms with van der Waals surface area (Å²) in [7, 11) is 0. The maximum absolute atomic E-state index is 7.22. The van der Waals surface area contributed by atoms with Crippen LogP contribution in [0.3, 0.4) is 0 Å². The highest BCUT2D eigenvalue weighted by molar-refractivity contribution is 5.30. The molecule has 0 N–H and O–H groups in total. The summed E-state index contributed by atoms with van der Waals surface area (Å²) in [6, 6.07) is 8.64. The lowest BCUT2D eigenvalue weighted by Crippen LogP contribution is -1.96. The molecule has 1 aromatic carbocycles. The van der Waals surface area contributed by atoms with Gasteiger partial charge in [0.25, 0.3) is 0 Å². The van der Waals surface area contributed by atoms with E-state index < -0.39 is 0 Å². The van der Waals surface area contributed by atoms with Crippen LogP contribution in [0.15, 0.2) is 24.3 Å². The van der Waals surface area contributed by atoms with Gasteiger partial charge in [0.05, 0.1) is 0 Å². The molecule has 0 amide bonds. The van der Waals surface area contributed by atoms with Gasteiger partial charge in [-0.15, -0.1) is 0 Å². The molecule has 0 bridgehead atoms. The molecular weight excluding hydrogens is 180 g/mol. The molecule has 79 valence electrons. The van der Waals surface area contributed by atoms with Gasteiger partial charge in [0.15, 0.2) is 0 Å².